The summed E-state index contributed by atoms with van der Waals surface area (Å²) in [5.41, 5.74) is 2.91. The first-order chi connectivity index (χ1) is 4.83. The molecule has 0 atom stereocenters. The first-order valence-corrected chi connectivity index (χ1v) is 3.05. The number of hydrogen-bond donors (Lipinski definition) is 0. The van der Waals surface area contributed by atoms with E-state index in [4.69, 9.17) is 0 Å². The molecule has 0 radical (unpaired) electrons. The molecular weight excluding hydrogens is 128 g/mol. The van der Waals surface area contributed by atoms with Gasteiger partial charge in [0.05, 0.1) is 12.7 Å². The first kappa shape index (κ1) is 5.47. The van der Waals surface area contributed by atoms with Crippen LogP contribution in [0.15, 0.2) is 18.2 Å². The number of benzene rings is 1. The van der Waals surface area contributed by atoms with E-state index in [1.165, 1.54) is 12.7 Å². The van der Waals surface area contributed by atoms with Crippen molar-refractivity contribution in [1.82, 2.24) is 0 Å². The van der Waals surface area contributed by atoms with Crippen LogP contribution in [-0.4, -0.2) is 13.1 Å². The van der Waals surface area contributed by atoms with E-state index >= 15 is 0 Å². The monoisotopic (exact) mass is 134 g/mol. The topological polar surface area (TPSA) is 26.3 Å². The number of fused-ring (bicyclic) bond motifs is 1. The van der Waals surface area contributed by atoms with E-state index in [1.807, 2.05) is 12.1 Å². The molecule has 0 aliphatic heterocycles. The Kier molecular flexibility index (Phi) is 0.873. The van der Waals surface area contributed by atoms with Crippen LogP contribution in [0.25, 0.3) is 11.1 Å². The van der Waals surface area contributed by atoms with Crippen molar-refractivity contribution in [1.29, 1.82) is 0 Å². The zero-order chi connectivity index (χ0) is 7.14. The van der Waals surface area contributed by atoms with Crippen molar-refractivity contribution >= 4 is 5.97 Å². The van der Waals surface area contributed by atoms with Crippen molar-refractivity contribution in [3.05, 3.63) is 23.8 Å². The van der Waals surface area contributed by atoms with Gasteiger partial charge in [0.2, 0.25) is 0 Å². The van der Waals surface area contributed by atoms with Crippen LogP contribution in [0, 0.1) is 0 Å². The van der Waals surface area contributed by atoms with E-state index in [2.05, 4.69) is 4.74 Å². The van der Waals surface area contributed by atoms with Gasteiger partial charge in [0.25, 0.3) is 0 Å². The third kappa shape index (κ3) is 0.559. The minimum atomic E-state index is -0.241. The van der Waals surface area contributed by atoms with Gasteiger partial charge < -0.3 is 4.74 Å². The second-order valence-electron chi connectivity index (χ2n) is 2.25. The lowest BCUT2D eigenvalue weighted by molar-refractivity contribution is 0.0602. The van der Waals surface area contributed by atoms with Crippen LogP contribution in [0.1, 0.15) is 10.4 Å². The molecule has 0 fully saturated rings. The fraction of sp³-hybridized carbons (Fsp3) is 0.125. The molecule has 0 unspecified atom stereocenters. The van der Waals surface area contributed by atoms with Gasteiger partial charge in [-0.1, -0.05) is 6.07 Å². The summed E-state index contributed by atoms with van der Waals surface area (Å²) in [5.74, 6) is -0.241. The minimum Gasteiger partial charge on any atom is -0.465 e. The number of rotatable bonds is 1. The van der Waals surface area contributed by atoms with Gasteiger partial charge in [-0.3, -0.25) is 0 Å². The Hall–Kier alpha value is -1.31. The molecule has 0 aromatic heterocycles. The van der Waals surface area contributed by atoms with Crippen molar-refractivity contribution in [2.45, 2.75) is 0 Å². The summed E-state index contributed by atoms with van der Waals surface area (Å²) in [6, 6.07) is 5.67. The fourth-order valence-electron chi connectivity index (χ4n) is 1.04. The summed E-state index contributed by atoms with van der Waals surface area (Å²) >= 11 is 0. The Morgan fingerprint density at radius 1 is 1.50 bits per heavy atom. The highest BCUT2D eigenvalue weighted by molar-refractivity contribution is 6.03. The van der Waals surface area contributed by atoms with E-state index in [-0.39, 0.29) is 5.97 Å². The number of carbonyl (C=O) groups excluding carboxylic acids is 1. The molecule has 0 aromatic rings. The van der Waals surface area contributed by atoms with Gasteiger partial charge in [-0.25, -0.2) is 4.79 Å². The second kappa shape index (κ2) is 1.59. The molecule has 2 nitrogen and oxygen atoms in total. The Labute approximate surface area is 58.4 Å². The van der Waals surface area contributed by atoms with Gasteiger partial charge in [0.15, 0.2) is 0 Å². The van der Waals surface area contributed by atoms with Gasteiger partial charge in [0, 0.05) is 0 Å². The summed E-state index contributed by atoms with van der Waals surface area (Å²) < 4.78 is 4.55. The molecule has 0 bridgehead atoms. The van der Waals surface area contributed by atoms with Crippen LogP contribution < -0.4 is 0 Å². The van der Waals surface area contributed by atoms with Crippen LogP contribution >= 0.6 is 0 Å². The van der Waals surface area contributed by atoms with Gasteiger partial charge in [-0.05, 0) is 23.3 Å². The van der Waals surface area contributed by atoms with Crippen LogP contribution in [0.2, 0.25) is 0 Å². The lowest BCUT2D eigenvalue weighted by atomic mass is 10.3. The number of methoxy groups -OCH3 is 1. The molecular formula is C8H6O2. The van der Waals surface area contributed by atoms with Crippen molar-refractivity contribution < 1.29 is 9.53 Å². The summed E-state index contributed by atoms with van der Waals surface area (Å²) in [4.78, 5) is 10.9. The molecule has 0 aromatic carbocycles. The second-order valence-corrected chi connectivity index (χ2v) is 2.25. The van der Waals surface area contributed by atoms with Crippen molar-refractivity contribution in [2.24, 2.45) is 0 Å². The maximum atomic E-state index is 10.9. The normalized spacial score (nSPS) is 10.9. The predicted octanol–water partition coefficient (Wildman–Crippen LogP) is 1.45. The Bertz CT molecular complexity index is 302. The molecule has 50 valence electrons. The highest BCUT2D eigenvalue weighted by Crippen LogP contribution is 2.38. The zero-order valence-corrected chi connectivity index (χ0v) is 5.55. The van der Waals surface area contributed by atoms with E-state index in [0.29, 0.717) is 5.56 Å². The first-order valence-electron chi connectivity index (χ1n) is 3.05. The lowest BCUT2D eigenvalue weighted by Crippen LogP contribution is -1.98. The summed E-state index contributed by atoms with van der Waals surface area (Å²) in [6.45, 7) is 0. The molecule has 0 amide bonds. The van der Waals surface area contributed by atoms with Gasteiger partial charge in [0.1, 0.15) is 0 Å². The van der Waals surface area contributed by atoms with Crippen molar-refractivity contribution in [3.8, 4) is 11.1 Å². The van der Waals surface area contributed by atoms with E-state index in [9.17, 15) is 4.79 Å². The van der Waals surface area contributed by atoms with Crippen LogP contribution in [0.3, 0.4) is 0 Å². The summed E-state index contributed by atoms with van der Waals surface area (Å²) in [5, 5.41) is 0. The Balaban J connectivity index is 2.36. The standard InChI is InChI=1S/C8H6O2/c1-10-8(9)6-3-2-5-4-7(5)6/h2-4H,1H3. The molecule has 2 heteroatoms. The largest absolute Gasteiger partial charge is 0.465 e. The highest BCUT2D eigenvalue weighted by Gasteiger charge is 2.22. The number of esters is 1. The number of ether oxygens (including phenoxy) is 1. The van der Waals surface area contributed by atoms with Crippen LogP contribution in [-0.2, 0) is 4.74 Å². The molecule has 2 aliphatic rings. The van der Waals surface area contributed by atoms with Crippen molar-refractivity contribution in [3.63, 3.8) is 0 Å². The van der Waals surface area contributed by atoms with Gasteiger partial charge in [-0.15, -0.1) is 0 Å². The third-order valence-electron chi connectivity index (χ3n) is 1.65. The molecule has 0 heterocycles. The number of hydrogen-bond acceptors (Lipinski definition) is 2. The molecule has 0 N–H and O–H groups in total. The molecule has 0 spiro atoms. The van der Waals surface area contributed by atoms with Gasteiger partial charge in [-0.2, -0.15) is 0 Å². The molecule has 0 saturated heterocycles. The van der Waals surface area contributed by atoms with E-state index < -0.39 is 0 Å². The molecule has 2 rings (SSSR count). The quantitative estimate of drug-likeness (QED) is 0.552. The van der Waals surface area contributed by atoms with E-state index in [1.54, 1.807) is 6.07 Å². The SMILES string of the molecule is COC(=O)c1ccc2cc1-2. The summed E-state index contributed by atoms with van der Waals surface area (Å²) in [6.07, 6.45) is 0. The Morgan fingerprint density at radius 2 is 2.30 bits per heavy atom. The molecule has 0 saturated carbocycles. The number of carbonyl (C=O) groups is 1. The lowest BCUT2D eigenvalue weighted by Gasteiger charge is -1.92. The van der Waals surface area contributed by atoms with Crippen LogP contribution in [0.5, 0.6) is 0 Å². The average molecular weight is 134 g/mol. The third-order valence-corrected chi connectivity index (χ3v) is 1.65. The highest BCUT2D eigenvalue weighted by atomic mass is 16.5. The zero-order valence-electron chi connectivity index (χ0n) is 5.55. The van der Waals surface area contributed by atoms with Crippen molar-refractivity contribution in [2.75, 3.05) is 7.11 Å². The fourth-order valence-corrected chi connectivity index (χ4v) is 1.04. The average Bonchev–Trinajstić information content (AvgIpc) is 2.62. The van der Waals surface area contributed by atoms with E-state index in [0.717, 1.165) is 5.56 Å². The molecule has 10 heavy (non-hydrogen) atoms. The minimum absolute atomic E-state index is 0.241. The smallest absolute Gasteiger partial charge is 0.338 e. The van der Waals surface area contributed by atoms with Crippen LogP contribution in [0.4, 0.5) is 0 Å². The Morgan fingerprint density at radius 3 is 2.70 bits per heavy atom. The predicted molar refractivity (Wildman–Crippen MR) is 36.8 cm³/mol. The maximum absolute atomic E-state index is 10.9. The van der Waals surface area contributed by atoms with Gasteiger partial charge >= 0.3 is 5.97 Å². The summed E-state index contributed by atoms with van der Waals surface area (Å²) in [7, 11) is 1.39. The maximum Gasteiger partial charge on any atom is 0.338 e. The molecule has 2 aliphatic carbocycles.